The monoisotopic (exact) mass is 462 g/mol. The summed E-state index contributed by atoms with van der Waals surface area (Å²) in [5, 5.41) is 2.28. The molecule has 116 valence electrons. The molecule has 3 rings (SSSR count). The molecule has 0 saturated carbocycles. The van der Waals surface area contributed by atoms with E-state index in [0.717, 1.165) is 39.1 Å². The number of rotatable bonds is 3. The molecule has 0 aliphatic carbocycles. The normalized spacial score (nSPS) is 11.3. The molecule has 0 amide bonds. The van der Waals surface area contributed by atoms with E-state index >= 15 is 0 Å². The fourth-order valence-corrected chi connectivity index (χ4v) is 6.90. The standard InChI is InChI=1S/C12H8N2.C4H9.3ClH.Sn/c1-3-9-5-6-10-4-2-8-14-12(10)11(9)13-7-1;1-3-4-2;;;;/h1-8H;1,3-4H2,2H3;3*1H;/q;;;;;+3/p-3. The summed E-state index contributed by atoms with van der Waals surface area (Å²) in [6.07, 6.45) is 5.81. The fourth-order valence-electron chi connectivity index (χ4n) is 2.06. The Labute approximate surface area is 145 Å². The van der Waals surface area contributed by atoms with Crippen molar-refractivity contribution in [2.75, 3.05) is 0 Å². The predicted molar refractivity (Wildman–Crippen MR) is 100 cm³/mol. The van der Waals surface area contributed by atoms with Gasteiger partial charge in [-0.3, -0.25) is 9.97 Å². The van der Waals surface area contributed by atoms with Crippen LogP contribution in [0.3, 0.4) is 0 Å². The molecule has 0 fully saturated rings. The van der Waals surface area contributed by atoms with Crippen LogP contribution < -0.4 is 0 Å². The number of nitrogens with zero attached hydrogens (tertiary/aromatic N) is 2. The van der Waals surface area contributed by atoms with Crippen molar-refractivity contribution in [3.8, 4) is 0 Å². The Kier molecular flexibility index (Phi) is 7.00. The van der Waals surface area contributed by atoms with Gasteiger partial charge in [0.2, 0.25) is 0 Å². The van der Waals surface area contributed by atoms with Gasteiger partial charge in [-0.25, -0.2) is 0 Å². The first-order chi connectivity index (χ1) is 10.5. The molecule has 2 aromatic heterocycles. The van der Waals surface area contributed by atoms with Gasteiger partial charge in [-0.05, 0) is 12.1 Å². The van der Waals surface area contributed by atoms with E-state index in [4.69, 9.17) is 26.8 Å². The van der Waals surface area contributed by atoms with E-state index in [0.29, 0.717) is 0 Å². The summed E-state index contributed by atoms with van der Waals surface area (Å²) in [5.41, 5.74) is 1.95. The van der Waals surface area contributed by atoms with Crippen molar-refractivity contribution in [3.63, 3.8) is 0 Å². The summed E-state index contributed by atoms with van der Waals surface area (Å²) in [7, 11) is 17.0. The minimum Gasteiger partial charge on any atom is -0.254 e. The third-order valence-electron chi connectivity index (χ3n) is 3.16. The largest absolute Gasteiger partial charge is 0.254 e. The van der Waals surface area contributed by atoms with Crippen LogP contribution in [-0.4, -0.2) is 25.0 Å². The van der Waals surface area contributed by atoms with E-state index in [1.165, 1.54) is 0 Å². The Balaban J connectivity index is 0.000000192. The number of halogens is 3. The van der Waals surface area contributed by atoms with Crippen molar-refractivity contribution in [1.29, 1.82) is 0 Å². The van der Waals surface area contributed by atoms with Gasteiger partial charge in [0.25, 0.3) is 0 Å². The maximum absolute atomic E-state index is 5.65. The van der Waals surface area contributed by atoms with Crippen molar-refractivity contribution < 1.29 is 0 Å². The van der Waals surface area contributed by atoms with Gasteiger partial charge in [-0.2, -0.15) is 0 Å². The van der Waals surface area contributed by atoms with Crippen LogP contribution in [0.1, 0.15) is 19.8 Å². The molecule has 6 heteroatoms. The van der Waals surface area contributed by atoms with Crippen molar-refractivity contribution in [3.05, 3.63) is 48.8 Å². The Bertz CT molecular complexity index is 689. The number of unbranched alkanes of at least 4 members (excludes halogenated alkanes) is 1. The van der Waals surface area contributed by atoms with Crippen LogP contribution in [0.2, 0.25) is 4.44 Å². The molecule has 0 aliphatic heterocycles. The van der Waals surface area contributed by atoms with E-state index in [9.17, 15) is 0 Å². The summed E-state index contributed by atoms with van der Waals surface area (Å²) < 4.78 is 0.871. The Morgan fingerprint density at radius 3 is 1.73 bits per heavy atom. The number of benzene rings is 1. The summed E-state index contributed by atoms with van der Waals surface area (Å²) in [6.45, 7) is 2.10. The van der Waals surface area contributed by atoms with Gasteiger partial charge in [-0.1, -0.05) is 24.3 Å². The van der Waals surface area contributed by atoms with Crippen LogP contribution in [0, 0.1) is 0 Å². The molecule has 0 bridgehead atoms. The zero-order valence-corrected chi connectivity index (χ0v) is 17.4. The summed E-state index contributed by atoms with van der Waals surface area (Å²) >= 11 is -2.89. The molecule has 1 aromatic carbocycles. The second-order valence-electron chi connectivity index (χ2n) is 4.93. The number of hydrogen-bond acceptors (Lipinski definition) is 2. The number of pyridine rings is 2. The van der Waals surface area contributed by atoms with Crippen LogP contribution in [0.25, 0.3) is 21.8 Å². The van der Waals surface area contributed by atoms with E-state index in [-0.39, 0.29) is 0 Å². The maximum atomic E-state index is 5.65. The molecule has 0 N–H and O–H groups in total. The van der Waals surface area contributed by atoms with Gasteiger partial charge in [-0.15, -0.1) is 0 Å². The summed E-state index contributed by atoms with van der Waals surface area (Å²) in [4.78, 5) is 8.69. The fraction of sp³-hybridized carbons (Fsp3) is 0.250. The first-order valence-corrected chi connectivity index (χ1v) is 20.0. The van der Waals surface area contributed by atoms with Gasteiger partial charge >= 0.3 is 66.0 Å². The predicted octanol–water partition coefficient (Wildman–Crippen LogP) is 6.22. The molecular formula is C16H17Cl3N2Sn. The molecule has 0 unspecified atom stereocenters. The molecule has 2 nitrogen and oxygen atoms in total. The Morgan fingerprint density at radius 2 is 1.36 bits per heavy atom. The molecule has 3 aromatic rings. The first kappa shape index (κ1) is 18.1. The summed E-state index contributed by atoms with van der Waals surface area (Å²) in [5.74, 6) is 0. The van der Waals surface area contributed by atoms with Crippen LogP contribution in [-0.2, 0) is 0 Å². The van der Waals surface area contributed by atoms with E-state index in [1.807, 2.05) is 12.1 Å². The zero-order valence-electron chi connectivity index (χ0n) is 12.3. The minimum absolute atomic E-state index is 0.871. The van der Waals surface area contributed by atoms with E-state index in [2.05, 4.69) is 41.2 Å². The number of fused-ring (bicyclic) bond motifs is 3. The van der Waals surface area contributed by atoms with Gasteiger partial charge < -0.3 is 0 Å². The van der Waals surface area contributed by atoms with Crippen LogP contribution in [0.15, 0.2) is 48.8 Å². The second-order valence-corrected chi connectivity index (χ2v) is 26.8. The zero-order chi connectivity index (χ0) is 16.0. The average molecular weight is 462 g/mol. The van der Waals surface area contributed by atoms with Crippen molar-refractivity contribution in [1.82, 2.24) is 9.97 Å². The maximum Gasteiger partial charge on any atom is 0.0964 e. The molecule has 0 aliphatic rings. The van der Waals surface area contributed by atoms with Gasteiger partial charge in [0.05, 0.1) is 11.0 Å². The topological polar surface area (TPSA) is 25.8 Å². The molecule has 0 radical (unpaired) electrons. The van der Waals surface area contributed by atoms with Crippen LogP contribution >= 0.6 is 26.8 Å². The van der Waals surface area contributed by atoms with E-state index in [1.54, 1.807) is 12.4 Å². The van der Waals surface area contributed by atoms with Gasteiger partial charge in [0.15, 0.2) is 0 Å². The van der Waals surface area contributed by atoms with Crippen molar-refractivity contribution in [2.45, 2.75) is 24.2 Å². The average Bonchev–Trinajstić information content (AvgIpc) is 2.53. The minimum atomic E-state index is -2.89. The molecule has 2 heterocycles. The Hall–Kier alpha value is -0.291. The van der Waals surface area contributed by atoms with Gasteiger partial charge in [0.1, 0.15) is 0 Å². The molecule has 22 heavy (non-hydrogen) atoms. The van der Waals surface area contributed by atoms with Crippen LogP contribution in [0.4, 0.5) is 0 Å². The number of hydrogen-bond donors (Lipinski definition) is 0. The molecule has 0 atom stereocenters. The first-order valence-electron chi connectivity index (χ1n) is 7.16. The third-order valence-corrected chi connectivity index (χ3v) is 9.59. The Morgan fingerprint density at radius 1 is 0.864 bits per heavy atom. The van der Waals surface area contributed by atoms with Crippen LogP contribution in [0.5, 0.6) is 0 Å². The molecule has 0 saturated heterocycles. The number of aromatic nitrogens is 2. The smallest absolute Gasteiger partial charge is 0.0964 e. The van der Waals surface area contributed by atoms with E-state index < -0.39 is 15.0 Å². The second kappa shape index (κ2) is 8.53. The van der Waals surface area contributed by atoms with Crippen molar-refractivity contribution >= 4 is 63.6 Å². The SMILES string of the molecule is CCC[CH2][Sn]([Cl])([Cl])[Cl].c1cnc2c(c1)ccc1cccnc12. The van der Waals surface area contributed by atoms with Crippen molar-refractivity contribution in [2.24, 2.45) is 0 Å². The molecule has 0 spiro atoms. The summed E-state index contributed by atoms with van der Waals surface area (Å²) in [6, 6.07) is 12.1. The quantitative estimate of drug-likeness (QED) is 0.341. The van der Waals surface area contributed by atoms with Gasteiger partial charge in [0, 0.05) is 23.2 Å². The molecular weight excluding hydrogens is 445 g/mol. The third kappa shape index (κ3) is 5.41.